The molecule has 1 aromatic heterocycles. The molecule has 0 spiro atoms. The fraction of sp³-hybridized carbons (Fsp3) is 0.375. The van der Waals surface area contributed by atoms with Gasteiger partial charge in [0.1, 0.15) is 5.69 Å². The maximum Gasteiger partial charge on any atom is 0.272 e. The van der Waals surface area contributed by atoms with Crippen LogP contribution in [0.4, 0.5) is 0 Å². The molecule has 5 heteroatoms. The van der Waals surface area contributed by atoms with E-state index in [1.54, 1.807) is 16.9 Å². The lowest BCUT2D eigenvalue weighted by Crippen LogP contribution is -2.32. The Hall–Kier alpha value is -1.81. The molecule has 0 radical (unpaired) electrons. The number of rotatable bonds is 3. The molecule has 0 saturated carbocycles. The van der Waals surface area contributed by atoms with E-state index in [4.69, 9.17) is 11.6 Å². The van der Waals surface area contributed by atoms with Gasteiger partial charge in [-0.1, -0.05) is 23.7 Å². The van der Waals surface area contributed by atoms with Crippen molar-refractivity contribution in [2.24, 2.45) is 0 Å². The molecule has 4 nitrogen and oxygen atoms in total. The summed E-state index contributed by atoms with van der Waals surface area (Å²) in [6, 6.07) is 9.71. The van der Waals surface area contributed by atoms with E-state index in [0.29, 0.717) is 12.2 Å². The van der Waals surface area contributed by atoms with Crippen LogP contribution in [-0.4, -0.2) is 27.1 Å². The summed E-state index contributed by atoms with van der Waals surface area (Å²) in [5.41, 5.74) is 1.81. The van der Waals surface area contributed by atoms with Crippen molar-refractivity contribution in [3.05, 3.63) is 52.8 Å². The molecule has 1 atom stereocenters. The summed E-state index contributed by atoms with van der Waals surface area (Å²) in [6.45, 7) is 3.49. The lowest BCUT2D eigenvalue weighted by Gasteiger charge is -2.25. The number of amides is 1. The van der Waals surface area contributed by atoms with E-state index in [-0.39, 0.29) is 11.9 Å². The number of likely N-dealkylation sites (tertiary alicyclic amines) is 1. The topological polar surface area (TPSA) is 38.1 Å². The van der Waals surface area contributed by atoms with Gasteiger partial charge in [-0.15, -0.1) is 0 Å². The minimum atomic E-state index is 0.0619. The highest BCUT2D eigenvalue weighted by Gasteiger charge is 2.31. The molecule has 0 aliphatic carbocycles. The molecule has 1 fully saturated rings. The lowest BCUT2D eigenvalue weighted by atomic mass is 10.0. The molecule has 1 aliphatic rings. The van der Waals surface area contributed by atoms with Crippen molar-refractivity contribution in [3.8, 4) is 0 Å². The fourth-order valence-corrected chi connectivity index (χ4v) is 3.08. The normalized spacial score (nSPS) is 18.2. The van der Waals surface area contributed by atoms with Crippen molar-refractivity contribution in [2.75, 3.05) is 6.54 Å². The molecular formula is C16H18ClN3O. The van der Waals surface area contributed by atoms with Crippen molar-refractivity contribution in [1.29, 1.82) is 0 Å². The Kier molecular flexibility index (Phi) is 3.97. The molecule has 21 heavy (non-hydrogen) atoms. The molecular weight excluding hydrogens is 286 g/mol. The Labute approximate surface area is 129 Å². The monoisotopic (exact) mass is 303 g/mol. The van der Waals surface area contributed by atoms with Crippen molar-refractivity contribution < 1.29 is 4.79 Å². The first kappa shape index (κ1) is 14.1. The van der Waals surface area contributed by atoms with E-state index < -0.39 is 0 Å². The van der Waals surface area contributed by atoms with Crippen LogP contribution in [0.2, 0.25) is 5.02 Å². The molecule has 0 bridgehead atoms. The van der Waals surface area contributed by atoms with Crippen molar-refractivity contribution in [2.45, 2.75) is 32.4 Å². The molecule has 110 valence electrons. The molecule has 2 heterocycles. The van der Waals surface area contributed by atoms with Gasteiger partial charge in [-0.2, -0.15) is 5.10 Å². The minimum Gasteiger partial charge on any atom is -0.330 e. The Morgan fingerprint density at radius 2 is 2.10 bits per heavy atom. The van der Waals surface area contributed by atoms with Crippen LogP contribution < -0.4 is 0 Å². The average molecular weight is 304 g/mol. The molecule has 0 unspecified atom stereocenters. The zero-order valence-corrected chi connectivity index (χ0v) is 12.8. The quantitative estimate of drug-likeness (QED) is 0.870. The summed E-state index contributed by atoms with van der Waals surface area (Å²) in [6.07, 6.45) is 3.71. The zero-order chi connectivity index (χ0) is 14.8. The second kappa shape index (κ2) is 5.90. The third-order valence-electron chi connectivity index (χ3n) is 4.00. The van der Waals surface area contributed by atoms with Crippen LogP contribution in [0.3, 0.4) is 0 Å². The SMILES string of the molecule is CCn1nccc1C(=O)N1CCC[C@@H]1c1ccc(Cl)cc1. The van der Waals surface area contributed by atoms with Gasteiger partial charge in [0.2, 0.25) is 0 Å². The van der Waals surface area contributed by atoms with Gasteiger partial charge in [0.25, 0.3) is 5.91 Å². The smallest absolute Gasteiger partial charge is 0.272 e. The van der Waals surface area contributed by atoms with Gasteiger partial charge in [0.15, 0.2) is 0 Å². The highest BCUT2D eigenvalue weighted by Crippen LogP contribution is 2.33. The minimum absolute atomic E-state index is 0.0619. The number of halogens is 1. The number of carbonyl (C=O) groups is 1. The largest absolute Gasteiger partial charge is 0.330 e. The molecule has 1 aliphatic heterocycles. The number of carbonyl (C=O) groups excluding carboxylic acids is 1. The molecule has 1 aromatic carbocycles. The Balaban J connectivity index is 1.87. The predicted molar refractivity (Wildman–Crippen MR) is 82.4 cm³/mol. The summed E-state index contributed by atoms with van der Waals surface area (Å²) in [4.78, 5) is 14.7. The zero-order valence-electron chi connectivity index (χ0n) is 12.0. The van der Waals surface area contributed by atoms with E-state index in [2.05, 4.69) is 5.10 Å². The maximum absolute atomic E-state index is 12.8. The van der Waals surface area contributed by atoms with Gasteiger partial charge in [0.05, 0.1) is 6.04 Å². The summed E-state index contributed by atoms with van der Waals surface area (Å²) < 4.78 is 1.75. The van der Waals surface area contributed by atoms with Crippen LogP contribution in [0.5, 0.6) is 0 Å². The Morgan fingerprint density at radius 1 is 1.33 bits per heavy atom. The Morgan fingerprint density at radius 3 is 2.81 bits per heavy atom. The number of aryl methyl sites for hydroxylation is 1. The van der Waals surface area contributed by atoms with Crippen molar-refractivity contribution >= 4 is 17.5 Å². The van der Waals surface area contributed by atoms with Crippen molar-refractivity contribution in [3.63, 3.8) is 0 Å². The first-order valence-electron chi connectivity index (χ1n) is 7.29. The maximum atomic E-state index is 12.8. The van der Waals surface area contributed by atoms with Gasteiger partial charge >= 0.3 is 0 Å². The van der Waals surface area contributed by atoms with E-state index >= 15 is 0 Å². The number of nitrogens with zero attached hydrogens (tertiary/aromatic N) is 3. The third-order valence-corrected chi connectivity index (χ3v) is 4.26. The first-order valence-corrected chi connectivity index (χ1v) is 7.66. The molecule has 1 saturated heterocycles. The van der Waals surface area contributed by atoms with Gasteiger partial charge < -0.3 is 4.90 Å². The number of hydrogen-bond acceptors (Lipinski definition) is 2. The predicted octanol–water partition coefficient (Wildman–Crippen LogP) is 3.53. The standard InChI is InChI=1S/C16H18ClN3O/c1-2-20-15(9-10-18-20)16(21)19-11-3-4-14(19)12-5-7-13(17)8-6-12/h5-10,14H,2-4,11H2,1H3/t14-/m1/s1. The fourth-order valence-electron chi connectivity index (χ4n) is 2.95. The highest BCUT2D eigenvalue weighted by atomic mass is 35.5. The van der Waals surface area contributed by atoms with Crippen LogP contribution in [0.25, 0.3) is 0 Å². The van der Waals surface area contributed by atoms with E-state index in [9.17, 15) is 4.79 Å². The number of hydrogen-bond donors (Lipinski definition) is 0. The van der Waals surface area contributed by atoms with Crippen LogP contribution in [0.15, 0.2) is 36.5 Å². The van der Waals surface area contributed by atoms with Gasteiger partial charge in [-0.3, -0.25) is 9.48 Å². The Bertz CT molecular complexity index is 635. The van der Waals surface area contributed by atoms with Crippen LogP contribution in [0, 0.1) is 0 Å². The lowest BCUT2D eigenvalue weighted by molar-refractivity contribution is 0.0723. The van der Waals surface area contributed by atoms with Crippen LogP contribution in [0.1, 0.15) is 41.9 Å². The van der Waals surface area contributed by atoms with Crippen molar-refractivity contribution in [1.82, 2.24) is 14.7 Å². The second-order valence-electron chi connectivity index (χ2n) is 5.24. The molecule has 0 N–H and O–H groups in total. The highest BCUT2D eigenvalue weighted by molar-refractivity contribution is 6.30. The van der Waals surface area contributed by atoms with Gasteiger partial charge in [0, 0.05) is 24.3 Å². The van der Waals surface area contributed by atoms with Gasteiger partial charge in [-0.05, 0) is 43.5 Å². The van der Waals surface area contributed by atoms with E-state index in [1.807, 2.05) is 36.1 Å². The first-order chi connectivity index (χ1) is 10.2. The van der Waals surface area contributed by atoms with Crippen LogP contribution >= 0.6 is 11.6 Å². The van der Waals surface area contributed by atoms with E-state index in [1.165, 1.54) is 0 Å². The van der Waals surface area contributed by atoms with E-state index in [0.717, 1.165) is 30.0 Å². The number of benzene rings is 1. The summed E-state index contributed by atoms with van der Waals surface area (Å²) in [5.74, 6) is 0.0619. The summed E-state index contributed by atoms with van der Waals surface area (Å²) in [7, 11) is 0. The average Bonchev–Trinajstić information content (AvgIpc) is 3.16. The number of aromatic nitrogens is 2. The molecule has 1 amide bonds. The molecule has 3 rings (SSSR count). The third kappa shape index (κ3) is 2.68. The summed E-state index contributed by atoms with van der Waals surface area (Å²) >= 11 is 5.95. The van der Waals surface area contributed by atoms with Crippen LogP contribution in [-0.2, 0) is 6.54 Å². The molecule has 2 aromatic rings. The second-order valence-corrected chi connectivity index (χ2v) is 5.68. The summed E-state index contributed by atoms with van der Waals surface area (Å²) in [5, 5.41) is 4.91. The van der Waals surface area contributed by atoms with Gasteiger partial charge in [-0.25, -0.2) is 0 Å².